The summed E-state index contributed by atoms with van der Waals surface area (Å²) in [6.07, 6.45) is 7.70. The van der Waals surface area contributed by atoms with E-state index in [2.05, 4.69) is 43.1 Å². The number of rotatable bonds is 6. The molecule has 2 aliphatic heterocycles. The van der Waals surface area contributed by atoms with E-state index in [1.807, 2.05) is 35.0 Å². The maximum absolute atomic E-state index is 12.8. The van der Waals surface area contributed by atoms with E-state index in [1.165, 1.54) is 11.3 Å². The summed E-state index contributed by atoms with van der Waals surface area (Å²) >= 11 is 3.14. The number of imidazole rings is 1. The SMILES string of the molecule is CC1(N2CCN(CC(=O)Nc3nc4ccc(Sc5cnc6ncccn56)cc4s3)CC2)CCOCC1. The number of nitrogens with zero attached hydrogens (tertiary/aromatic N) is 6. The van der Waals surface area contributed by atoms with Crippen LogP contribution in [0.2, 0.25) is 0 Å². The summed E-state index contributed by atoms with van der Waals surface area (Å²) in [6, 6.07) is 8.06. The zero-order valence-corrected chi connectivity index (χ0v) is 21.9. The van der Waals surface area contributed by atoms with Crippen LogP contribution in [0.1, 0.15) is 19.8 Å². The Morgan fingerprint density at radius 1 is 1.19 bits per heavy atom. The molecule has 1 N–H and O–H groups in total. The number of hydrogen-bond donors (Lipinski definition) is 1. The third-order valence-electron chi connectivity index (χ3n) is 7.16. The third kappa shape index (κ3) is 4.98. The monoisotopic (exact) mass is 523 g/mol. The molecular weight excluding hydrogens is 494 g/mol. The van der Waals surface area contributed by atoms with Gasteiger partial charge in [-0.3, -0.25) is 19.0 Å². The summed E-state index contributed by atoms with van der Waals surface area (Å²) in [4.78, 5) is 31.9. The first-order valence-corrected chi connectivity index (χ1v) is 13.9. The van der Waals surface area contributed by atoms with Gasteiger partial charge in [-0.05, 0) is 44.0 Å². The Kier molecular flexibility index (Phi) is 6.65. The fourth-order valence-corrected chi connectivity index (χ4v) is 6.86. The van der Waals surface area contributed by atoms with E-state index in [0.29, 0.717) is 17.5 Å². The Morgan fingerprint density at radius 2 is 2.03 bits per heavy atom. The van der Waals surface area contributed by atoms with Crippen molar-refractivity contribution >= 4 is 50.1 Å². The number of carbonyl (C=O) groups is 1. The average Bonchev–Trinajstić information content (AvgIpc) is 3.48. The number of benzene rings is 1. The molecule has 0 bridgehead atoms. The minimum atomic E-state index is -0.00684. The fraction of sp³-hybridized carbons (Fsp3) is 0.440. The van der Waals surface area contributed by atoms with Gasteiger partial charge >= 0.3 is 0 Å². The molecule has 9 nitrogen and oxygen atoms in total. The minimum Gasteiger partial charge on any atom is -0.381 e. The summed E-state index contributed by atoms with van der Waals surface area (Å²) < 4.78 is 8.56. The van der Waals surface area contributed by atoms with Crippen molar-refractivity contribution in [3.05, 3.63) is 42.9 Å². The number of nitrogens with one attached hydrogen (secondary N) is 1. The topological polar surface area (TPSA) is 87.9 Å². The highest BCUT2D eigenvalue weighted by atomic mass is 32.2. The van der Waals surface area contributed by atoms with Gasteiger partial charge in [-0.15, -0.1) is 0 Å². The first-order chi connectivity index (χ1) is 17.6. The predicted octanol–water partition coefficient (Wildman–Crippen LogP) is 3.62. The molecule has 0 spiro atoms. The molecule has 6 rings (SSSR count). The maximum Gasteiger partial charge on any atom is 0.240 e. The van der Waals surface area contributed by atoms with Crippen molar-refractivity contribution in [1.82, 2.24) is 29.2 Å². The number of thiazole rings is 1. The summed E-state index contributed by atoms with van der Waals surface area (Å²) in [5, 5.41) is 4.66. The molecule has 36 heavy (non-hydrogen) atoms. The van der Waals surface area contributed by atoms with Crippen molar-refractivity contribution in [2.45, 2.75) is 35.2 Å². The van der Waals surface area contributed by atoms with Crippen molar-refractivity contribution in [3.63, 3.8) is 0 Å². The van der Waals surface area contributed by atoms with Crippen LogP contribution in [0.4, 0.5) is 5.13 Å². The molecule has 2 fully saturated rings. The third-order valence-corrected chi connectivity index (χ3v) is 9.09. The zero-order chi connectivity index (χ0) is 24.5. The number of hydrogen-bond acceptors (Lipinski definition) is 9. The lowest BCUT2D eigenvalue weighted by Crippen LogP contribution is -2.58. The summed E-state index contributed by atoms with van der Waals surface area (Å²) in [7, 11) is 0. The first kappa shape index (κ1) is 23.8. The molecule has 5 heterocycles. The van der Waals surface area contributed by atoms with Crippen LogP contribution in [-0.4, -0.2) is 86.5 Å². The lowest BCUT2D eigenvalue weighted by Gasteiger charge is -2.47. The largest absolute Gasteiger partial charge is 0.381 e. The number of amides is 1. The molecule has 0 saturated carbocycles. The van der Waals surface area contributed by atoms with Crippen LogP contribution in [-0.2, 0) is 9.53 Å². The maximum atomic E-state index is 12.8. The second-order valence-corrected chi connectivity index (χ2v) is 11.7. The van der Waals surface area contributed by atoms with Gasteiger partial charge < -0.3 is 10.1 Å². The highest BCUT2D eigenvalue weighted by molar-refractivity contribution is 7.99. The van der Waals surface area contributed by atoms with Crippen molar-refractivity contribution in [3.8, 4) is 0 Å². The van der Waals surface area contributed by atoms with E-state index in [9.17, 15) is 4.79 Å². The van der Waals surface area contributed by atoms with Gasteiger partial charge in [0.25, 0.3) is 0 Å². The molecule has 2 aliphatic rings. The lowest BCUT2D eigenvalue weighted by atomic mass is 9.89. The Bertz CT molecular complexity index is 1370. The van der Waals surface area contributed by atoms with Gasteiger partial charge in [-0.2, -0.15) is 0 Å². The van der Waals surface area contributed by atoms with Gasteiger partial charge in [-0.25, -0.2) is 15.0 Å². The Labute approximate surface area is 217 Å². The number of ether oxygens (including phenoxy) is 1. The van der Waals surface area contributed by atoms with Gasteiger partial charge in [0.15, 0.2) is 5.13 Å². The normalized spacial score (nSPS) is 19.1. The molecule has 4 aromatic rings. The van der Waals surface area contributed by atoms with Crippen LogP contribution in [0.15, 0.2) is 52.8 Å². The molecule has 11 heteroatoms. The number of aromatic nitrogens is 4. The average molecular weight is 524 g/mol. The summed E-state index contributed by atoms with van der Waals surface area (Å²) in [5.41, 5.74) is 1.12. The van der Waals surface area contributed by atoms with Crippen molar-refractivity contribution in [2.24, 2.45) is 0 Å². The zero-order valence-electron chi connectivity index (χ0n) is 20.2. The Morgan fingerprint density at radius 3 is 2.86 bits per heavy atom. The number of anilines is 1. The van der Waals surface area contributed by atoms with Crippen LogP contribution in [0.3, 0.4) is 0 Å². The van der Waals surface area contributed by atoms with Crippen LogP contribution in [0, 0.1) is 0 Å². The molecule has 1 aromatic carbocycles. The molecule has 0 aliphatic carbocycles. The van der Waals surface area contributed by atoms with E-state index < -0.39 is 0 Å². The van der Waals surface area contributed by atoms with Gasteiger partial charge in [0.1, 0.15) is 5.03 Å². The van der Waals surface area contributed by atoms with E-state index in [4.69, 9.17) is 4.74 Å². The number of carbonyl (C=O) groups excluding carboxylic acids is 1. The molecule has 2 saturated heterocycles. The van der Waals surface area contributed by atoms with Gasteiger partial charge in [0.05, 0.1) is 23.0 Å². The quantitative estimate of drug-likeness (QED) is 0.410. The highest BCUT2D eigenvalue weighted by Gasteiger charge is 2.35. The molecule has 3 aromatic heterocycles. The van der Waals surface area contributed by atoms with E-state index in [0.717, 1.165) is 72.4 Å². The minimum absolute atomic E-state index is 0.00684. The molecule has 0 unspecified atom stereocenters. The molecule has 0 atom stereocenters. The lowest BCUT2D eigenvalue weighted by molar-refractivity contribution is -0.118. The molecule has 0 radical (unpaired) electrons. The van der Waals surface area contributed by atoms with Crippen molar-refractivity contribution in [1.29, 1.82) is 0 Å². The smallest absolute Gasteiger partial charge is 0.240 e. The second kappa shape index (κ2) is 10.1. The first-order valence-electron chi connectivity index (χ1n) is 12.3. The summed E-state index contributed by atoms with van der Waals surface area (Å²) in [5.74, 6) is 0.677. The molecule has 188 valence electrons. The number of piperazine rings is 1. The van der Waals surface area contributed by atoms with Crippen LogP contribution >= 0.6 is 23.1 Å². The van der Waals surface area contributed by atoms with Crippen molar-refractivity contribution < 1.29 is 9.53 Å². The highest BCUT2D eigenvalue weighted by Crippen LogP contribution is 2.34. The van der Waals surface area contributed by atoms with E-state index >= 15 is 0 Å². The van der Waals surface area contributed by atoms with Gasteiger partial charge in [0.2, 0.25) is 11.7 Å². The second-order valence-electron chi connectivity index (χ2n) is 9.56. The van der Waals surface area contributed by atoms with Crippen molar-refractivity contribution in [2.75, 3.05) is 51.3 Å². The Hall–Kier alpha value is -2.57. The van der Waals surface area contributed by atoms with Gasteiger partial charge in [-0.1, -0.05) is 23.1 Å². The molecule has 1 amide bonds. The molecular formula is C25H29N7O2S2. The number of fused-ring (bicyclic) bond motifs is 2. The van der Waals surface area contributed by atoms with E-state index in [-0.39, 0.29) is 11.4 Å². The fourth-order valence-electron chi connectivity index (χ4n) is 4.96. The van der Waals surface area contributed by atoms with Crippen LogP contribution < -0.4 is 5.32 Å². The van der Waals surface area contributed by atoms with Gasteiger partial charge in [0, 0.05) is 62.2 Å². The predicted molar refractivity (Wildman–Crippen MR) is 142 cm³/mol. The Balaban J connectivity index is 1.05. The van der Waals surface area contributed by atoms with Crippen LogP contribution in [0.5, 0.6) is 0 Å². The summed E-state index contributed by atoms with van der Waals surface area (Å²) in [6.45, 7) is 8.24. The van der Waals surface area contributed by atoms with Crippen LogP contribution in [0.25, 0.3) is 16.0 Å². The standard InChI is InChI=1S/C25H29N7O2S2/c1-25(5-13-34-14-6-25)31-11-9-30(10-12-31)17-21(33)29-24-28-19-4-3-18(15-20(19)36-24)35-22-16-27-23-26-7-2-8-32(22)23/h2-4,7-8,15-16H,5-6,9-14,17H2,1H3,(H,28,29,33). The van der Waals surface area contributed by atoms with E-state index in [1.54, 1.807) is 18.0 Å².